The summed E-state index contributed by atoms with van der Waals surface area (Å²) < 4.78 is 53.7. The highest BCUT2D eigenvalue weighted by atomic mass is 19.4. The van der Waals surface area contributed by atoms with Crippen molar-refractivity contribution in [1.29, 1.82) is 0 Å². The number of aryl methyl sites for hydroxylation is 1. The van der Waals surface area contributed by atoms with E-state index in [-0.39, 0.29) is 23.1 Å². The van der Waals surface area contributed by atoms with Gasteiger partial charge >= 0.3 is 6.18 Å². The summed E-state index contributed by atoms with van der Waals surface area (Å²) in [5.74, 6) is -1.40. The summed E-state index contributed by atoms with van der Waals surface area (Å²) >= 11 is 0. The maximum atomic E-state index is 14.8. The van der Waals surface area contributed by atoms with Crippen LogP contribution in [0, 0.1) is 18.7 Å². The first kappa shape index (κ1) is 25.9. The van der Waals surface area contributed by atoms with Gasteiger partial charge in [0, 0.05) is 35.0 Å². The maximum Gasteiger partial charge on any atom is 0.433 e. The molecule has 0 aliphatic heterocycles. The van der Waals surface area contributed by atoms with Crippen molar-refractivity contribution in [3.63, 3.8) is 0 Å². The third kappa shape index (κ3) is 5.89. The number of pyridine rings is 2. The first-order valence-corrected chi connectivity index (χ1v) is 11.8. The van der Waals surface area contributed by atoms with E-state index >= 15 is 0 Å². The van der Waals surface area contributed by atoms with Crippen molar-refractivity contribution in [3.05, 3.63) is 83.8 Å². The van der Waals surface area contributed by atoms with Gasteiger partial charge in [-0.2, -0.15) is 13.2 Å². The number of amides is 2. The molecule has 4 aromatic rings. The number of benzene rings is 1. The normalized spacial score (nSPS) is 13.2. The van der Waals surface area contributed by atoms with E-state index in [1.165, 1.54) is 30.7 Å². The minimum atomic E-state index is -4.74. The zero-order valence-electron chi connectivity index (χ0n) is 20.4. The van der Waals surface area contributed by atoms with Crippen molar-refractivity contribution < 1.29 is 27.2 Å². The molecular weight excluding hydrogens is 516 g/mol. The minimum Gasteiger partial charge on any atom is -0.319 e. The van der Waals surface area contributed by atoms with E-state index in [4.69, 9.17) is 0 Å². The fourth-order valence-electron chi connectivity index (χ4n) is 3.83. The van der Waals surface area contributed by atoms with Gasteiger partial charge in [0.1, 0.15) is 17.3 Å². The Morgan fingerprint density at radius 1 is 0.949 bits per heavy atom. The zero-order valence-corrected chi connectivity index (χ0v) is 20.4. The highest BCUT2D eigenvalue weighted by Crippen LogP contribution is 2.32. The monoisotopic (exact) mass is 536 g/mol. The first-order chi connectivity index (χ1) is 18.6. The Hall–Kier alpha value is -4.74. The molecule has 0 spiro atoms. The molecular formula is C27H20F4N6O2. The topological polar surface area (TPSA) is 110 Å². The van der Waals surface area contributed by atoms with E-state index in [0.717, 1.165) is 25.1 Å². The lowest BCUT2D eigenvalue weighted by Crippen LogP contribution is -2.16. The van der Waals surface area contributed by atoms with E-state index in [9.17, 15) is 27.2 Å². The third-order valence-corrected chi connectivity index (χ3v) is 6.04. The Bertz CT molecular complexity index is 1590. The molecule has 1 saturated carbocycles. The Kier molecular flexibility index (Phi) is 6.77. The lowest BCUT2D eigenvalue weighted by Gasteiger charge is -2.13. The van der Waals surface area contributed by atoms with Crippen molar-refractivity contribution in [2.75, 3.05) is 10.6 Å². The standard InChI is InChI=1S/C27H20F4N6O2/c1-14-8-19(28)20(36-26(39)17-5-6-33-23(9-17)27(29,30)31)11-18(14)22-13-32-12-21(35-22)16-4-7-34-24(10-16)37-25(38)15-2-3-15/h4-13,15H,2-3H2,1H3,(H,36,39)(H,34,37,38). The van der Waals surface area contributed by atoms with Crippen LogP contribution in [-0.2, 0) is 11.0 Å². The second-order valence-corrected chi connectivity index (χ2v) is 9.01. The number of halogens is 4. The van der Waals surface area contributed by atoms with Crippen LogP contribution >= 0.6 is 0 Å². The predicted octanol–water partition coefficient (Wildman–Crippen LogP) is 5.67. The average Bonchev–Trinajstić information content (AvgIpc) is 3.76. The number of alkyl halides is 3. The zero-order chi connectivity index (χ0) is 27.7. The van der Waals surface area contributed by atoms with Gasteiger partial charge in [0.05, 0.1) is 29.5 Å². The fourth-order valence-corrected chi connectivity index (χ4v) is 3.83. The summed E-state index contributed by atoms with van der Waals surface area (Å²) in [4.78, 5) is 41.0. The molecule has 0 saturated heterocycles. The lowest BCUT2D eigenvalue weighted by molar-refractivity contribution is -0.141. The van der Waals surface area contributed by atoms with Crippen LogP contribution in [0.3, 0.4) is 0 Å². The van der Waals surface area contributed by atoms with Gasteiger partial charge in [-0.25, -0.2) is 14.4 Å². The highest BCUT2D eigenvalue weighted by molar-refractivity contribution is 6.04. The summed E-state index contributed by atoms with van der Waals surface area (Å²) in [7, 11) is 0. The molecule has 8 nitrogen and oxygen atoms in total. The highest BCUT2D eigenvalue weighted by Gasteiger charge is 2.33. The number of nitrogens with zero attached hydrogens (tertiary/aromatic N) is 4. The van der Waals surface area contributed by atoms with Gasteiger partial charge < -0.3 is 10.6 Å². The molecule has 198 valence electrons. The van der Waals surface area contributed by atoms with Crippen molar-refractivity contribution in [2.24, 2.45) is 5.92 Å². The van der Waals surface area contributed by atoms with Gasteiger partial charge in [-0.1, -0.05) is 0 Å². The smallest absolute Gasteiger partial charge is 0.319 e. The maximum absolute atomic E-state index is 14.8. The molecule has 3 heterocycles. The van der Waals surface area contributed by atoms with E-state index in [1.54, 1.807) is 19.1 Å². The number of anilines is 2. The SMILES string of the molecule is Cc1cc(F)c(NC(=O)c2ccnc(C(F)(F)F)c2)cc1-c1cncc(-c2ccnc(NC(=O)C3CC3)c2)n1. The fraction of sp³-hybridized carbons (Fsp3) is 0.185. The molecule has 2 amide bonds. The van der Waals surface area contributed by atoms with Crippen LogP contribution in [0.2, 0.25) is 0 Å². The molecule has 0 atom stereocenters. The van der Waals surface area contributed by atoms with Crippen LogP contribution in [-0.4, -0.2) is 31.8 Å². The van der Waals surface area contributed by atoms with Crippen LogP contribution in [0.15, 0.2) is 61.2 Å². The molecule has 12 heteroatoms. The summed E-state index contributed by atoms with van der Waals surface area (Å²) in [6.07, 6.45) is 2.36. The van der Waals surface area contributed by atoms with Crippen LogP contribution in [0.1, 0.15) is 34.5 Å². The van der Waals surface area contributed by atoms with Gasteiger partial charge in [-0.05, 0) is 61.7 Å². The molecule has 3 aromatic heterocycles. The number of hydrogen-bond acceptors (Lipinski definition) is 6. The molecule has 39 heavy (non-hydrogen) atoms. The molecule has 0 unspecified atom stereocenters. The van der Waals surface area contributed by atoms with Gasteiger partial charge in [0.25, 0.3) is 5.91 Å². The largest absolute Gasteiger partial charge is 0.433 e. The Labute approximate surface area is 219 Å². The Morgan fingerprint density at radius 2 is 1.69 bits per heavy atom. The van der Waals surface area contributed by atoms with Gasteiger partial charge in [-0.3, -0.25) is 19.6 Å². The minimum absolute atomic E-state index is 0.0139. The molecule has 0 bridgehead atoms. The van der Waals surface area contributed by atoms with E-state index in [2.05, 4.69) is 30.6 Å². The number of aromatic nitrogens is 4. The van der Waals surface area contributed by atoms with E-state index in [0.29, 0.717) is 40.0 Å². The van der Waals surface area contributed by atoms with E-state index in [1.807, 2.05) is 0 Å². The Morgan fingerprint density at radius 3 is 2.44 bits per heavy atom. The van der Waals surface area contributed by atoms with Gasteiger partial charge in [0.2, 0.25) is 5.91 Å². The van der Waals surface area contributed by atoms with Crippen molar-refractivity contribution in [3.8, 4) is 22.5 Å². The van der Waals surface area contributed by atoms with Crippen LogP contribution in [0.25, 0.3) is 22.5 Å². The summed E-state index contributed by atoms with van der Waals surface area (Å²) in [6, 6.07) is 7.59. The number of carbonyl (C=O) groups is 2. The summed E-state index contributed by atoms with van der Waals surface area (Å²) in [6.45, 7) is 1.65. The predicted molar refractivity (Wildman–Crippen MR) is 134 cm³/mol. The lowest BCUT2D eigenvalue weighted by atomic mass is 10.0. The summed E-state index contributed by atoms with van der Waals surface area (Å²) in [5.41, 5.74) is 0.591. The quantitative estimate of drug-likeness (QED) is 0.308. The second kappa shape index (κ2) is 10.2. The number of carbonyl (C=O) groups excluding carboxylic acids is 2. The molecule has 1 aromatic carbocycles. The van der Waals surface area contributed by atoms with E-state index < -0.39 is 23.6 Å². The second-order valence-electron chi connectivity index (χ2n) is 9.01. The molecule has 1 aliphatic rings. The molecule has 1 aliphatic carbocycles. The van der Waals surface area contributed by atoms with Crippen molar-refractivity contribution in [2.45, 2.75) is 25.9 Å². The number of rotatable bonds is 6. The van der Waals surface area contributed by atoms with Crippen LogP contribution in [0.4, 0.5) is 29.1 Å². The molecule has 0 radical (unpaired) electrons. The van der Waals surface area contributed by atoms with Crippen LogP contribution < -0.4 is 10.6 Å². The molecule has 2 N–H and O–H groups in total. The van der Waals surface area contributed by atoms with Gasteiger partial charge in [0.15, 0.2) is 0 Å². The van der Waals surface area contributed by atoms with Crippen molar-refractivity contribution in [1.82, 2.24) is 19.9 Å². The number of nitrogens with one attached hydrogen (secondary N) is 2. The average molecular weight is 536 g/mol. The first-order valence-electron chi connectivity index (χ1n) is 11.8. The van der Waals surface area contributed by atoms with Crippen molar-refractivity contribution >= 4 is 23.3 Å². The molecule has 1 fully saturated rings. The van der Waals surface area contributed by atoms with Crippen LogP contribution in [0.5, 0.6) is 0 Å². The third-order valence-electron chi connectivity index (χ3n) is 6.04. The molecule has 5 rings (SSSR count). The number of hydrogen-bond donors (Lipinski definition) is 2. The Balaban J connectivity index is 1.42. The van der Waals surface area contributed by atoms with Gasteiger partial charge in [-0.15, -0.1) is 0 Å². The summed E-state index contributed by atoms with van der Waals surface area (Å²) in [5, 5.41) is 5.10.